The fourth-order valence-corrected chi connectivity index (χ4v) is 3.96. The van der Waals surface area contributed by atoms with Crippen molar-refractivity contribution < 1.29 is 23.4 Å². The van der Waals surface area contributed by atoms with E-state index in [-0.39, 0.29) is 12.4 Å². The molecule has 4 rings (SSSR count). The molecular formula is C19H17FN2O4S. The molecule has 0 saturated heterocycles. The standard InChI is InChI=1S/C19H17FN2O4S/c1-2-22-13-9-15-16(25-8-7-24-15)10-17(13)27-19(22)21-18(23)11-26-14-6-4-3-5-12(14)20/h3-6,9-10H,2,7-8,11H2,1H3. The number of carbonyl (C=O) groups is 1. The summed E-state index contributed by atoms with van der Waals surface area (Å²) in [5, 5.41) is 0. The first-order valence-corrected chi connectivity index (χ1v) is 9.35. The second-order valence-electron chi connectivity index (χ2n) is 5.82. The Morgan fingerprint density at radius 2 is 2.00 bits per heavy atom. The third-order valence-corrected chi connectivity index (χ3v) is 5.11. The second-order valence-corrected chi connectivity index (χ2v) is 6.83. The number of rotatable bonds is 4. The van der Waals surface area contributed by atoms with Crippen LogP contribution >= 0.6 is 11.3 Å². The molecule has 1 aliphatic rings. The number of thiazole rings is 1. The van der Waals surface area contributed by atoms with Gasteiger partial charge in [-0.1, -0.05) is 23.5 Å². The predicted octanol–water partition coefficient (Wildman–Crippen LogP) is 3.14. The number of fused-ring (bicyclic) bond motifs is 2. The number of aryl methyl sites for hydroxylation is 1. The molecule has 0 N–H and O–H groups in total. The van der Waals surface area contributed by atoms with Crippen molar-refractivity contribution in [3.8, 4) is 17.2 Å². The number of nitrogens with zero attached hydrogens (tertiary/aromatic N) is 2. The van der Waals surface area contributed by atoms with E-state index in [0.717, 1.165) is 10.2 Å². The van der Waals surface area contributed by atoms with Gasteiger partial charge in [0.1, 0.15) is 13.2 Å². The molecule has 0 spiro atoms. The second kappa shape index (κ2) is 7.40. The average Bonchev–Trinajstić information content (AvgIpc) is 3.01. The van der Waals surface area contributed by atoms with Gasteiger partial charge in [-0.15, -0.1) is 0 Å². The van der Waals surface area contributed by atoms with Crippen molar-refractivity contribution in [2.24, 2.45) is 4.99 Å². The van der Waals surface area contributed by atoms with Gasteiger partial charge in [0.15, 0.2) is 34.5 Å². The van der Waals surface area contributed by atoms with Crippen molar-refractivity contribution in [3.63, 3.8) is 0 Å². The molecule has 0 aliphatic carbocycles. The molecule has 2 aromatic carbocycles. The third kappa shape index (κ3) is 3.52. The molecule has 1 aromatic heterocycles. The minimum Gasteiger partial charge on any atom is -0.486 e. The van der Waals surface area contributed by atoms with E-state index in [0.29, 0.717) is 36.1 Å². The zero-order valence-electron chi connectivity index (χ0n) is 14.6. The van der Waals surface area contributed by atoms with Crippen LogP contribution in [0, 0.1) is 5.82 Å². The van der Waals surface area contributed by atoms with Crippen molar-refractivity contribution in [2.45, 2.75) is 13.5 Å². The number of amides is 1. The highest BCUT2D eigenvalue weighted by Crippen LogP contribution is 2.35. The van der Waals surface area contributed by atoms with Gasteiger partial charge in [-0.3, -0.25) is 4.79 Å². The smallest absolute Gasteiger partial charge is 0.286 e. The topological polar surface area (TPSA) is 62.1 Å². The Hall–Kier alpha value is -2.87. The van der Waals surface area contributed by atoms with E-state index in [2.05, 4.69) is 4.99 Å². The van der Waals surface area contributed by atoms with Crippen LogP contribution in [-0.2, 0) is 11.3 Å². The highest BCUT2D eigenvalue weighted by Gasteiger charge is 2.16. The molecule has 6 nitrogen and oxygen atoms in total. The quantitative estimate of drug-likeness (QED) is 0.689. The maximum Gasteiger partial charge on any atom is 0.286 e. The molecule has 2 heterocycles. The zero-order chi connectivity index (χ0) is 18.8. The first kappa shape index (κ1) is 17.5. The number of carbonyl (C=O) groups excluding carboxylic acids is 1. The largest absolute Gasteiger partial charge is 0.486 e. The molecule has 0 unspecified atom stereocenters. The lowest BCUT2D eigenvalue weighted by atomic mass is 10.2. The number of ether oxygens (including phenoxy) is 3. The van der Waals surface area contributed by atoms with E-state index < -0.39 is 11.7 Å². The van der Waals surface area contributed by atoms with Crippen molar-refractivity contribution >= 4 is 27.5 Å². The summed E-state index contributed by atoms with van der Waals surface area (Å²) in [7, 11) is 0. The minimum atomic E-state index is -0.513. The van der Waals surface area contributed by atoms with Gasteiger partial charge >= 0.3 is 0 Å². The van der Waals surface area contributed by atoms with Crippen LogP contribution < -0.4 is 19.0 Å². The number of hydrogen-bond donors (Lipinski definition) is 0. The number of para-hydroxylation sites is 1. The summed E-state index contributed by atoms with van der Waals surface area (Å²) in [6.45, 7) is 3.31. The fraction of sp³-hybridized carbons (Fsp3) is 0.263. The lowest BCUT2D eigenvalue weighted by Gasteiger charge is -2.18. The van der Waals surface area contributed by atoms with Crippen molar-refractivity contribution in [3.05, 3.63) is 47.0 Å². The van der Waals surface area contributed by atoms with Gasteiger partial charge in [-0.2, -0.15) is 4.99 Å². The fourth-order valence-electron chi connectivity index (χ4n) is 2.84. The first-order valence-electron chi connectivity index (χ1n) is 8.53. The van der Waals surface area contributed by atoms with Gasteiger partial charge in [0.25, 0.3) is 5.91 Å². The molecular weight excluding hydrogens is 371 g/mol. The summed E-state index contributed by atoms with van der Waals surface area (Å²) < 4.78 is 32.9. The molecule has 0 fully saturated rings. The van der Waals surface area contributed by atoms with Crippen LogP contribution in [0.15, 0.2) is 41.4 Å². The molecule has 27 heavy (non-hydrogen) atoms. The maximum absolute atomic E-state index is 13.6. The molecule has 1 amide bonds. The van der Waals surface area contributed by atoms with E-state index in [1.807, 2.05) is 23.6 Å². The van der Waals surface area contributed by atoms with Crippen LogP contribution in [0.4, 0.5) is 4.39 Å². The average molecular weight is 388 g/mol. The Kier molecular flexibility index (Phi) is 4.81. The van der Waals surface area contributed by atoms with Crippen molar-refractivity contribution in [2.75, 3.05) is 19.8 Å². The minimum absolute atomic E-state index is 0.0303. The highest BCUT2D eigenvalue weighted by molar-refractivity contribution is 7.16. The Bertz CT molecular complexity index is 1070. The van der Waals surface area contributed by atoms with Crippen LogP contribution in [-0.4, -0.2) is 30.3 Å². The summed E-state index contributed by atoms with van der Waals surface area (Å²) in [5.41, 5.74) is 0.924. The summed E-state index contributed by atoms with van der Waals surface area (Å²) in [5.74, 6) is 0.418. The van der Waals surface area contributed by atoms with Crippen LogP contribution in [0.1, 0.15) is 6.92 Å². The normalized spacial score (nSPS) is 13.8. The van der Waals surface area contributed by atoms with Crippen LogP contribution in [0.2, 0.25) is 0 Å². The van der Waals surface area contributed by atoms with E-state index in [1.54, 1.807) is 12.1 Å². The first-order chi connectivity index (χ1) is 13.2. The van der Waals surface area contributed by atoms with E-state index >= 15 is 0 Å². The molecule has 1 aliphatic heterocycles. The number of hydrogen-bond acceptors (Lipinski definition) is 5. The van der Waals surface area contributed by atoms with Gasteiger partial charge in [0.2, 0.25) is 0 Å². The molecule has 8 heteroatoms. The van der Waals surface area contributed by atoms with E-state index in [1.165, 1.54) is 23.5 Å². The molecule has 3 aromatic rings. The summed E-state index contributed by atoms with van der Waals surface area (Å²) in [4.78, 5) is 16.9. The Balaban J connectivity index is 1.63. The van der Waals surface area contributed by atoms with Gasteiger partial charge in [-0.25, -0.2) is 4.39 Å². The van der Waals surface area contributed by atoms with Crippen LogP contribution in [0.5, 0.6) is 17.2 Å². The molecule has 0 bridgehead atoms. The predicted molar refractivity (Wildman–Crippen MR) is 98.9 cm³/mol. The van der Waals surface area contributed by atoms with Crippen molar-refractivity contribution in [1.82, 2.24) is 4.57 Å². The lowest BCUT2D eigenvalue weighted by Crippen LogP contribution is -2.19. The summed E-state index contributed by atoms with van der Waals surface area (Å²) >= 11 is 1.38. The Morgan fingerprint density at radius 1 is 1.26 bits per heavy atom. The molecule has 0 saturated carbocycles. The number of aromatic nitrogens is 1. The van der Waals surface area contributed by atoms with Gasteiger partial charge in [-0.05, 0) is 19.1 Å². The monoisotopic (exact) mass is 388 g/mol. The van der Waals surface area contributed by atoms with E-state index in [9.17, 15) is 9.18 Å². The van der Waals surface area contributed by atoms with Gasteiger partial charge < -0.3 is 18.8 Å². The lowest BCUT2D eigenvalue weighted by molar-refractivity contribution is -0.120. The van der Waals surface area contributed by atoms with Gasteiger partial charge in [0.05, 0.1) is 10.2 Å². The maximum atomic E-state index is 13.6. The molecule has 140 valence electrons. The zero-order valence-corrected chi connectivity index (χ0v) is 15.4. The van der Waals surface area contributed by atoms with Crippen molar-refractivity contribution in [1.29, 1.82) is 0 Å². The Morgan fingerprint density at radius 3 is 2.74 bits per heavy atom. The molecule has 0 atom stereocenters. The van der Waals surface area contributed by atoms with E-state index in [4.69, 9.17) is 14.2 Å². The highest BCUT2D eigenvalue weighted by atomic mass is 32.1. The SMILES string of the molecule is CCn1c(=NC(=O)COc2ccccc2F)sc2cc3c(cc21)OCCO3. The van der Waals surface area contributed by atoms with Gasteiger partial charge in [0, 0.05) is 18.7 Å². The summed E-state index contributed by atoms with van der Waals surface area (Å²) in [6.07, 6.45) is 0. The number of benzene rings is 2. The third-order valence-electron chi connectivity index (χ3n) is 4.07. The number of halogens is 1. The Labute approximate surface area is 158 Å². The molecule has 0 radical (unpaired) electrons. The van der Waals surface area contributed by atoms with Crippen LogP contribution in [0.3, 0.4) is 0 Å². The van der Waals surface area contributed by atoms with Crippen LogP contribution in [0.25, 0.3) is 10.2 Å². The summed E-state index contributed by atoms with van der Waals surface area (Å²) in [6, 6.07) is 9.76.